The van der Waals surface area contributed by atoms with E-state index in [9.17, 15) is 0 Å². The molecule has 16 heavy (non-hydrogen) atoms. The summed E-state index contributed by atoms with van der Waals surface area (Å²) in [7, 11) is 0. The normalized spacial score (nSPS) is 25.4. The Morgan fingerprint density at radius 1 is 1.50 bits per heavy atom. The third kappa shape index (κ3) is 1.54. The summed E-state index contributed by atoms with van der Waals surface area (Å²) in [6, 6.07) is 6.33. The minimum atomic E-state index is -0.364. The maximum Gasteiger partial charge on any atom is 0.116 e. The van der Waals surface area contributed by atoms with Gasteiger partial charge in [-0.3, -0.25) is 0 Å². The molecule has 1 aromatic heterocycles. The summed E-state index contributed by atoms with van der Waals surface area (Å²) in [6.07, 6.45) is 0.867. The van der Waals surface area contributed by atoms with Crippen LogP contribution in [0.25, 0.3) is 10.2 Å². The first-order chi connectivity index (χ1) is 7.67. The molecule has 2 N–H and O–H groups in total. The van der Waals surface area contributed by atoms with Crippen molar-refractivity contribution in [3.05, 3.63) is 28.8 Å². The van der Waals surface area contributed by atoms with Gasteiger partial charge in [-0.25, -0.2) is 4.98 Å². The molecular formula is C12H14N2OS. The standard InChI is InChI=1S/C12H14N2OS/c1-8-2-3-10-9(6-8)14-11(16-10)12(13)4-5-15-7-12/h2-3,6H,4-5,7,13H2,1H3. The third-order valence-electron chi connectivity index (χ3n) is 3.02. The number of ether oxygens (including phenoxy) is 1. The van der Waals surface area contributed by atoms with Crippen LogP contribution in [0.15, 0.2) is 18.2 Å². The first kappa shape index (κ1) is 10.2. The average Bonchev–Trinajstić information content (AvgIpc) is 2.84. The first-order valence-electron chi connectivity index (χ1n) is 5.42. The van der Waals surface area contributed by atoms with E-state index in [0.717, 1.165) is 23.6 Å². The summed E-state index contributed by atoms with van der Waals surface area (Å²) in [4.78, 5) is 4.64. The van der Waals surface area contributed by atoms with Crippen molar-refractivity contribution in [1.82, 2.24) is 4.98 Å². The lowest BCUT2D eigenvalue weighted by Gasteiger charge is -2.17. The molecule has 4 heteroatoms. The molecule has 1 fully saturated rings. The lowest BCUT2D eigenvalue weighted by atomic mass is 10.0. The Hall–Kier alpha value is -0.970. The fourth-order valence-electron chi connectivity index (χ4n) is 2.00. The largest absolute Gasteiger partial charge is 0.379 e. The molecule has 1 aliphatic heterocycles. The molecule has 2 heterocycles. The van der Waals surface area contributed by atoms with Crippen molar-refractivity contribution in [2.75, 3.05) is 13.2 Å². The molecule has 0 radical (unpaired) electrons. The Morgan fingerprint density at radius 3 is 3.12 bits per heavy atom. The van der Waals surface area contributed by atoms with Gasteiger partial charge in [0, 0.05) is 6.61 Å². The molecular weight excluding hydrogens is 220 g/mol. The Kier molecular flexibility index (Phi) is 2.24. The number of hydrogen-bond acceptors (Lipinski definition) is 4. The number of nitrogens with zero attached hydrogens (tertiary/aromatic N) is 1. The highest BCUT2D eigenvalue weighted by Gasteiger charge is 2.35. The van der Waals surface area contributed by atoms with Gasteiger partial charge < -0.3 is 10.5 Å². The van der Waals surface area contributed by atoms with Gasteiger partial charge in [-0.15, -0.1) is 11.3 Å². The number of fused-ring (bicyclic) bond motifs is 1. The molecule has 0 amide bonds. The highest BCUT2D eigenvalue weighted by Crippen LogP contribution is 2.33. The van der Waals surface area contributed by atoms with Crippen LogP contribution in [0.3, 0.4) is 0 Å². The molecule has 1 aromatic carbocycles. The minimum Gasteiger partial charge on any atom is -0.379 e. The van der Waals surface area contributed by atoms with E-state index in [1.54, 1.807) is 11.3 Å². The van der Waals surface area contributed by atoms with Crippen molar-refractivity contribution in [2.24, 2.45) is 5.73 Å². The number of benzene rings is 1. The number of aromatic nitrogens is 1. The maximum atomic E-state index is 6.31. The number of rotatable bonds is 1. The van der Waals surface area contributed by atoms with E-state index in [1.165, 1.54) is 10.3 Å². The fraction of sp³-hybridized carbons (Fsp3) is 0.417. The molecule has 0 spiro atoms. The second-order valence-electron chi connectivity index (χ2n) is 4.45. The van der Waals surface area contributed by atoms with Crippen LogP contribution < -0.4 is 5.73 Å². The predicted molar refractivity (Wildman–Crippen MR) is 65.7 cm³/mol. The number of thiazole rings is 1. The average molecular weight is 234 g/mol. The van der Waals surface area contributed by atoms with E-state index < -0.39 is 0 Å². The number of nitrogens with two attached hydrogens (primary N) is 1. The van der Waals surface area contributed by atoms with E-state index in [-0.39, 0.29) is 5.54 Å². The van der Waals surface area contributed by atoms with Crippen LogP contribution in [0.2, 0.25) is 0 Å². The molecule has 1 unspecified atom stereocenters. The highest BCUT2D eigenvalue weighted by atomic mass is 32.1. The second-order valence-corrected chi connectivity index (χ2v) is 5.48. The van der Waals surface area contributed by atoms with Gasteiger partial charge in [0.15, 0.2) is 0 Å². The van der Waals surface area contributed by atoms with E-state index in [2.05, 4.69) is 30.1 Å². The van der Waals surface area contributed by atoms with Crippen LogP contribution in [0.1, 0.15) is 17.0 Å². The molecule has 1 aliphatic rings. The Bertz CT molecular complexity index is 529. The summed E-state index contributed by atoms with van der Waals surface area (Å²) in [5.74, 6) is 0. The van der Waals surface area contributed by atoms with Crippen LogP contribution in [-0.4, -0.2) is 18.2 Å². The van der Waals surface area contributed by atoms with Gasteiger partial charge in [0.2, 0.25) is 0 Å². The van der Waals surface area contributed by atoms with Crippen molar-refractivity contribution in [3.63, 3.8) is 0 Å². The van der Waals surface area contributed by atoms with Gasteiger partial charge in [-0.2, -0.15) is 0 Å². The summed E-state index contributed by atoms with van der Waals surface area (Å²) in [6.45, 7) is 3.41. The van der Waals surface area contributed by atoms with Crippen molar-refractivity contribution in [1.29, 1.82) is 0 Å². The van der Waals surface area contributed by atoms with Crippen LogP contribution in [0.5, 0.6) is 0 Å². The van der Waals surface area contributed by atoms with Gasteiger partial charge in [0.25, 0.3) is 0 Å². The molecule has 3 nitrogen and oxygen atoms in total. The Morgan fingerprint density at radius 2 is 2.38 bits per heavy atom. The second kappa shape index (κ2) is 3.52. The predicted octanol–water partition coefficient (Wildman–Crippen LogP) is 2.18. The Balaban J connectivity index is 2.11. The monoisotopic (exact) mass is 234 g/mol. The van der Waals surface area contributed by atoms with Crippen LogP contribution in [0, 0.1) is 6.92 Å². The Labute approximate surface area is 98.2 Å². The summed E-state index contributed by atoms with van der Waals surface area (Å²) in [5, 5.41) is 1.01. The van der Waals surface area contributed by atoms with Gasteiger partial charge >= 0.3 is 0 Å². The third-order valence-corrected chi connectivity index (χ3v) is 4.28. The number of hydrogen-bond donors (Lipinski definition) is 1. The zero-order chi connectivity index (χ0) is 11.2. The summed E-state index contributed by atoms with van der Waals surface area (Å²) >= 11 is 1.69. The molecule has 0 bridgehead atoms. The molecule has 0 aliphatic carbocycles. The lowest BCUT2D eigenvalue weighted by molar-refractivity contribution is 0.178. The van der Waals surface area contributed by atoms with E-state index in [0.29, 0.717) is 6.61 Å². The first-order valence-corrected chi connectivity index (χ1v) is 6.23. The van der Waals surface area contributed by atoms with Crippen LogP contribution >= 0.6 is 11.3 Å². The smallest absolute Gasteiger partial charge is 0.116 e. The molecule has 84 valence electrons. The zero-order valence-electron chi connectivity index (χ0n) is 9.19. The van der Waals surface area contributed by atoms with Gasteiger partial charge in [0.05, 0.1) is 22.4 Å². The van der Waals surface area contributed by atoms with E-state index >= 15 is 0 Å². The van der Waals surface area contributed by atoms with Crippen LogP contribution in [-0.2, 0) is 10.3 Å². The topological polar surface area (TPSA) is 48.1 Å². The molecule has 1 saturated heterocycles. The van der Waals surface area contributed by atoms with E-state index in [4.69, 9.17) is 10.5 Å². The van der Waals surface area contributed by atoms with Gasteiger partial charge in [0.1, 0.15) is 5.01 Å². The fourth-order valence-corrected chi connectivity index (χ4v) is 3.06. The van der Waals surface area contributed by atoms with Crippen molar-refractivity contribution in [2.45, 2.75) is 18.9 Å². The van der Waals surface area contributed by atoms with E-state index in [1.807, 2.05) is 0 Å². The molecule has 0 saturated carbocycles. The maximum absolute atomic E-state index is 6.31. The van der Waals surface area contributed by atoms with Crippen molar-refractivity contribution >= 4 is 21.6 Å². The van der Waals surface area contributed by atoms with Crippen LogP contribution in [0.4, 0.5) is 0 Å². The molecule has 3 rings (SSSR count). The summed E-state index contributed by atoms with van der Waals surface area (Å²) < 4.78 is 6.58. The summed E-state index contributed by atoms with van der Waals surface area (Å²) in [5.41, 5.74) is 8.23. The van der Waals surface area contributed by atoms with Crippen molar-refractivity contribution < 1.29 is 4.74 Å². The van der Waals surface area contributed by atoms with Gasteiger partial charge in [-0.05, 0) is 31.0 Å². The number of aryl methyl sites for hydroxylation is 1. The van der Waals surface area contributed by atoms with Crippen molar-refractivity contribution in [3.8, 4) is 0 Å². The SMILES string of the molecule is Cc1ccc2sc(C3(N)CCOC3)nc2c1. The highest BCUT2D eigenvalue weighted by molar-refractivity contribution is 7.18. The lowest BCUT2D eigenvalue weighted by Crippen LogP contribution is -2.36. The molecule has 1 atom stereocenters. The minimum absolute atomic E-state index is 0.364. The van der Waals surface area contributed by atoms with Gasteiger partial charge in [-0.1, -0.05) is 6.07 Å². The quantitative estimate of drug-likeness (QED) is 0.822. The zero-order valence-corrected chi connectivity index (χ0v) is 10.0. The molecule has 2 aromatic rings.